The minimum absolute atomic E-state index is 0.0554. The highest BCUT2D eigenvalue weighted by molar-refractivity contribution is 5.44. The fourth-order valence-corrected chi connectivity index (χ4v) is 3.60. The smallest absolute Gasteiger partial charge is 0.161 e. The van der Waals surface area contributed by atoms with Crippen molar-refractivity contribution in [1.82, 2.24) is 0 Å². The Hall–Kier alpha value is -1.22. The molecule has 1 aromatic carbocycles. The highest BCUT2D eigenvalue weighted by atomic mass is 16.5. The molecule has 20 heavy (non-hydrogen) atoms. The molecule has 1 fully saturated rings. The molecule has 1 saturated carbocycles. The van der Waals surface area contributed by atoms with Crippen LogP contribution >= 0.6 is 0 Å². The molecule has 0 radical (unpaired) electrons. The molecule has 0 spiro atoms. The van der Waals surface area contributed by atoms with Crippen molar-refractivity contribution in [2.75, 3.05) is 13.2 Å². The van der Waals surface area contributed by atoms with Crippen LogP contribution in [0.2, 0.25) is 0 Å². The summed E-state index contributed by atoms with van der Waals surface area (Å²) in [4.78, 5) is 0. The Bertz CT molecular complexity index is 463. The van der Waals surface area contributed by atoms with Crippen LogP contribution in [0.5, 0.6) is 11.5 Å². The van der Waals surface area contributed by atoms with Gasteiger partial charge in [0.25, 0.3) is 0 Å². The normalized spacial score (nSPS) is 22.3. The van der Waals surface area contributed by atoms with Crippen LogP contribution in [0, 0.1) is 5.41 Å². The SMILES string of the molecule is CCC1(C(O)c2ccc3c(c2)OCCCO3)CCCC1. The first kappa shape index (κ1) is 13.7. The summed E-state index contributed by atoms with van der Waals surface area (Å²) < 4.78 is 11.4. The van der Waals surface area contributed by atoms with E-state index in [1.54, 1.807) is 0 Å². The lowest BCUT2D eigenvalue weighted by molar-refractivity contribution is 0.0236. The number of ether oxygens (including phenoxy) is 2. The van der Waals surface area contributed by atoms with Gasteiger partial charge < -0.3 is 14.6 Å². The Kier molecular flexibility index (Phi) is 3.88. The van der Waals surface area contributed by atoms with Gasteiger partial charge in [-0.05, 0) is 37.0 Å². The molecule has 1 N–H and O–H groups in total. The third-order valence-electron chi connectivity index (χ3n) is 4.97. The van der Waals surface area contributed by atoms with Gasteiger partial charge in [0.15, 0.2) is 11.5 Å². The summed E-state index contributed by atoms with van der Waals surface area (Å²) in [5.74, 6) is 1.58. The maximum atomic E-state index is 10.8. The van der Waals surface area contributed by atoms with Crippen LogP contribution in [-0.2, 0) is 0 Å². The third-order valence-corrected chi connectivity index (χ3v) is 4.97. The first-order valence-corrected chi connectivity index (χ1v) is 7.83. The van der Waals surface area contributed by atoms with Crippen LogP contribution in [0.3, 0.4) is 0 Å². The Labute approximate surface area is 120 Å². The maximum Gasteiger partial charge on any atom is 0.161 e. The zero-order valence-corrected chi connectivity index (χ0v) is 12.2. The maximum absolute atomic E-state index is 10.8. The molecule has 0 saturated heterocycles. The summed E-state index contributed by atoms with van der Waals surface area (Å²) in [6.45, 7) is 3.58. The number of aliphatic hydroxyl groups excluding tert-OH is 1. The van der Waals surface area contributed by atoms with Crippen LogP contribution in [0.1, 0.15) is 57.1 Å². The summed E-state index contributed by atoms with van der Waals surface area (Å²) in [6.07, 6.45) is 6.25. The largest absolute Gasteiger partial charge is 0.490 e. The van der Waals surface area contributed by atoms with Crippen molar-refractivity contribution in [3.05, 3.63) is 23.8 Å². The zero-order chi connectivity index (χ0) is 14.0. The predicted molar refractivity (Wildman–Crippen MR) is 78.2 cm³/mol. The van der Waals surface area contributed by atoms with E-state index in [1.165, 1.54) is 12.8 Å². The lowest BCUT2D eigenvalue weighted by atomic mass is 9.75. The van der Waals surface area contributed by atoms with Gasteiger partial charge in [-0.1, -0.05) is 25.8 Å². The molecule has 0 bridgehead atoms. The standard InChI is InChI=1S/C17H24O3/c1-2-17(8-3-4-9-17)16(18)13-6-7-14-15(12-13)20-11-5-10-19-14/h6-7,12,16,18H,2-5,8-11H2,1H3. The van der Waals surface area contributed by atoms with Gasteiger partial charge in [-0.3, -0.25) is 0 Å². The van der Waals surface area contributed by atoms with Gasteiger partial charge in [0.05, 0.1) is 19.3 Å². The van der Waals surface area contributed by atoms with Crippen molar-refractivity contribution in [3.63, 3.8) is 0 Å². The van der Waals surface area contributed by atoms with Crippen LogP contribution in [-0.4, -0.2) is 18.3 Å². The molecule has 1 aliphatic heterocycles. The Morgan fingerprint density at radius 3 is 2.50 bits per heavy atom. The second kappa shape index (κ2) is 5.65. The quantitative estimate of drug-likeness (QED) is 0.911. The lowest BCUT2D eigenvalue weighted by Gasteiger charge is -2.33. The minimum atomic E-state index is -0.396. The van der Waals surface area contributed by atoms with Gasteiger partial charge in [0, 0.05) is 11.8 Å². The molecular formula is C17H24O3. The van der Waals surface area contributed by atoms with E-state index in [1.807, 2.05) is 18.2 Å². The molecule has 3 nitrogen and oxygen atoms in total. The van der Waals surface area contributed by atoms with Crippen molar-refractivity contribution in [3.8, 4) is 11.5 Å². The summed E-state index contributed by atoms with van der Waals surface area (Å²) in [7, 11) is 0. The van der Waals surface area contributed by atoms with Crippen LogP contribution in [0.4, 0.5) is 0 Å². The topological polar surface area (TPSA) is 38.7 Å². The van der Waals surface area contributed by atoms with Crippen LogP contribution < -0.4 is 9.47 Å². The highest BCUT2D eigenvalue weighted by Gasteiger charge is 2.39. The third kappa shape index (κ3) is 2.39. The molecule has 0 amide bonds. The first-order valence-electron chi connectivity index (χ1n) is 7.83. The van der Waals surface area contributed by atoms with Gasteiger partial charge in [-0.25, -0.2) is 0 Å². The van der Waals surface area contributed by atoms with Crippen molar-refractivity contribution < 1.29 is 14.6 Å². The second-order valence-corrected chi connectivity index (χ2v) is 6.08. The van der Waals surface area contributed by atoms with E-state index < -0.39 is 6.10 Å². The van der Waals surface area contributed by atoms with Crippen molar-refractivity contribution in [2.24, 2.45) is 5.41 Å². The summed E-state index contributed by atoms with van der Waals surface area (Å²) in [5, 5.41) is 10.8. The van der Waals surface area contributed by atoms with E-state index >= 15 is 0 Å². The summed E-state index contributed by atoms with van der Waals surface area (Å²) in [5.41, 5.74) is 1.03. The molecule has 1 atom stereocenters. The van der Waals surface area contributed by atoms with E-state index in [2.05, 4.69) is 6.92 Å². The molecule has 1 aliphatic carbocycles. The average Bonchev–Trinajstić information content (AvgIpc) is 2.85. The first-order chi connectivity index (χ1) is 9.75. The molecule has 1 aromatic rings. The highest BCUT2D eigenvalue weighted by Crippen LogP contribution is 2.50. The predicted octanol–water partition coefficient (Wildman–Crippen LogP) is 3.85. The lowest BCUT2D eigenvalue weighted by Crippen LogP contribution is -2.25. The van der Waals surface area contributed by atoms with E-state index in [4.69, 9.17) is 9.47 Å². The van der Waals surface area contributed by atoms with Gasteiger partial charge in [-0.15, -0.1) is 0 Å². The van der Waals surface area contributed by atoms with E-state index in [-0.39, 0.29) is 5.41 Å². The number of hydrogen-bond acceptors (Lipinski definition) is 3. The number of rotatable bonds is 3. The number of benzene rings is 1. The van der Waals surface area contributed by atoms with E-state index in [0.29, 0.717) is 13.2 Å². The van der Waals surface area contributed by atoms with Gasteiger partial charge in [0.1, 0.15) is 0 Å². The van der Waals surface area contributed by atoms with Crippen LogP contribution in [0.15, 0.2) is 18.2 Å². The van der Waals surface area contributed by atoms with E-state index in [9.17, 15) is 5.11 Å². The molecule has 1 unspecified atom stereocenters. The fourth-order valence-electron chi connectivity index (χ4n) is 3.60. The number of aliphatic hydroxyl groups is 1. The van der Waals surface area contributed by atoms with E-state index in [0.717, 1.165) is 42.7 Å². The second-order valence-electron chi connectivity index (χ2n) is 6.08. The van der Waals surface area contributed by atoms with Gasteiger partial charge in [0.2, 0.25) is 0 Å². The number of fused-ring (bicyclic) bond motifs is 1. The van der Waals surface area contributed by atoms with Crippen molar-refractivity contribution in [2.45, 2.75) is 51.6 Å². The monoisotopic (exact) mass is 276 g/mol. The van der Waals surface area contributed by atoms with Crippen molar-refractivity contribution >= 4 is 0 Å². The van der Waals surface area contributed by atoms with Crippen molar-refractivity contribution in [1.29, 1.82) is 0 Å². The van der Waals surface area contributed by atoms with Gasteiger partial charge in [-0.2, -0.15) is 0 Å². The molecule has 2 aliphatic rings. The minimum Gasteiger partial charge on any atom is -0.490 e. The Morgan fingerprint density at radius 1 is 1.10 bits per heavy atom. The molecule has 110 valence electrons. The molecule has 3 heteroatoms. The van der Waals surface area contributed by atoms with Gasteiger partial charge >= 0.3 is 0 Å². The Morgan fingerprint density at radius 2 is 1.80 bits per heavy atom. The molecule has 0 aromatic heterocycles. The Balaban J connectivity index is 1.88. The average molecular weight is 276 g/mol. The summed E-state index contributed by atoms with van der Waals surface area (Å²) in [6, 6.07) is 5.91. The molecule has 1 heterocycles. The fraction of sp³-hybridized carbons (Fsp3) is 0.647. The van der Waals surface area contributed by atoms with Crippen LogP contribution in [0.25, 0.3) is 0 Å². The molecular weight excluding hydrogens is 252 g/mol. The number of hydrogen-bond donors (Lipinski definition) is 1. The summed E-state index contributed by atoms with van der Waals surface area (Å²) >= 11 is 0. The molecule has 3 rings (SSSR count). The zero-order valence-electron chi connectivity index (χ0n) is 12.2.